The monoisotopic (exact) mass is 277 g/mol. The normalized spacial score (nSPS) is 26.9. The molecule has 18 heavy (non-hydrogen) atoms. The zero-order chi connectivity index (χ0) is 12.9. The molecule has 1 N–H and O–H groups in total. The maximum Gasteiger partial charge on any atom is 0.417 e. The van der Waals surface area contributed by atoms with E-state index in [-0.39, 0.29) is 10.3 Å². The number of nitrogens with zero attached hydrogens (tertiary/aromatic N) is 2. The molecule has 2 aliphatic rings. The summed E-state index contributed by atoms with van der Waals surface area (Å²) in [6, 6.07) is 0.955. The van der Waals surface area contributed by atoms with Gasteiger partial charge in [-0.3, -0.25) is 4.21 Å². The predicted molar refractivity (Wildman–Crippen MR) is 59.7 cm³/mol. The highest BCUT2D eigenvalue weighted by Crippen LogP contribution is 2.38. The second-order valence-electron chi connectivity index (χ2n) is 4.19. The molecule has 3 heterocycles. The van der Waals surface area contributed by atoms with Gasteiger partial charge in [0, 0.05) is 25.8 Å². The van der Waals surface area contributed by atoms with E-state index in [1.165, 1.54) is 0 Å². The molecule has 4 nitrogen and oxygen atoms in total. The van der Waals surface area contributed by atoms with Crippen LogP contribution in [-0.4, -0.2) is 34.2 Å². The van der Waals surface area contributed by atoms with Crippen molar-refractivity contribution in [3.05, 3.63) is 17.8 Å². The van der Waals surface area contributed by atoms with Crippen LogP contribution < -0.4 is 10.2 Å². The highest BCUT2D eigenvalue weighted by molar-refractivity contribution is 7.86. The van der Waals surface area contributed by atoms with Gasteiger partial charge >= 0.3 is 6.18 Å². The van der Waals surface area contributed by atoms with Gasteiger partial charge in [-0.15, -0.1) is 0 Å². The van der Waals surface area contributed by atoms with E-state index >= 15 is 0 Å². The van der Waals surface area contributed by atoms with Gasteiger partial charge in [-0.1, -0.05) is 0 Å². The molecule has 1 aromatic rings. The molecule has 0 radical (unpaired) electrons. The fourth-order valence-electron chi connectivity index (χ4n) is 2.22. The van der Waals surface area contributed by atoms with Crippen molar-refractivity contribution in [2.45, 2.75) is 16.4 Å². The lowest BCUT2D eigenvalue weighted by atomic mass is 10.2. The van der Waals surface area contributed by atoms with E-state index < -0.39 is 22.5 Å². The van der Waals surface area contributed by atoms with E-state index in [4.69, 9.17) is 0 Å². The Kier molecular flexibility index (Phi) is 2.60. The Bertz CT molecular complexity index is 520. The zero-order valence-corrected chi connectivity index (χ0v) is 10.0. The molecule has 2 atom stereocenters. The molecule has 8 heteroatoms. The largest absolute Gasteiger partial charge is 0.417 e. The fourth-order valence-corrected chi connectivity index (χ4v) is 3.81. The summed E-state index contributed by atoms with van der Waals surface area (Å²) < 4.78 is 49.9. The molecule has 0 aromatic carbocycles. The summed E-state index contributed by atoms with van der Waals surface area (Å²) in [5.41, 5.74) is -0.845. The number of hydrogen-bond donors (Lipinski definition) is 1. The van der Waals surface area contributed by atoms with Crippen LogP contribution in [0.15, 0.2) is 17.2 Å². The van der Waals surface area contributed by atoms with Crippen LogP contribution in [0.5, 0.6) is 0 Å². The van der Waals surface area contributed by atoms with Crippen molar-refractivity contribution >= 4 is 16.6 Å². The van der Waals surface area contributed by atoms with Gasteiger partial charge in [-0.05, 0) is 6.07 Å². The Morgan fingerprint density at radius 1 is 1.50 bits per heavy atom. The van der Waals surface area contributed by atoms with Crippen molar-refractivity contribution in [1.29, 1.82) is 0 Å². The molecule has 0 spiro atoms. The third-order valence-corrected chi connectivity index (χ3v) is 4.74. The number of aromatic nitrogens is 1. The third kappa shape index (κ3) is 1.71. The molecule has 0 unspecified atom stereocenters. The molecular formula is C10H10F3N3OS. The Morgan fingerprint density at radius 2 is 2.28 bits per heavy atom. The van der Waals surface area contributed by atoms with Crippen LogP contribution in [0.3, 0.4) is 0 Å². The Labute approximate surface area is 104 Å². The minimum Gasteiger partial charge on any atom is -0.338 e. The van der Waals surface area contributed by atoms with Gasteiger partial charge in [0.2, 0.25) is 0 Å². The van der Waals surface area contributed by atoms with Crippen LogP contribution in [0.1, 0.15) is 5.56 Å². The average molecular weight is 277 g/mol. The van der Waals surface area contributed by atoms with Gasteiger partial charge in [-0.2, -0.15) is 13.2 Å². The van der Waals surface area contributed by atoms with Gasteiger partial charge in [0.05, 0.1) is 21.3 Å². The molecular weight excluding hydrogens is 267 g/mol. The van der Waals surface area contributed by atoms with Crippen LogP contribution in [0, 0.1) is 0 Å². The standard InChI is InChI=1S/C10H10F3N3OS/c11-10(12,13)6-3-7-9(15-4-6)16-2-1-14-5-8(16)18(7)17/h3-4,8,14H,1-2,5H2/t8-,18+/m1/s1. The number of piperazine rings is 1. The lowest BCUT2D eigenvalue weighted by Crippen LogP contribution is -2.50. The van der Waals surface area contributed by atoms with Crippen molar-refractivity contribution in [2.24, 2.45) is 0 Å². The predicted octanol–water partition coefficient (Wildman–Crippen LogP) is 0.957. The second kappa shape index (κ2) is 3.92. The van der Waals surface area contributed by atoms with Crippen LogP contribution in [-0.2, 0) is 17.0 Å². The van der Waals surface area contributed by atoms with E-state index in [1.807, 2.05) is 4.90 Å². The minimum absolute atomic E-state index is 0.193. The van der Waals surface area contributed by atoms with E-state index in [0.29, 0.717) is 18.9 Å². The van der Waals surface area contributed by atoms with E-state index in [1.54, 1.807) is 0 Å². The summed E-state index contributed by atoms with van der Waals surface area (Å²) >= 11 is 0. The Morgan fingerprint density at radius 3 is 3.00 bits per heavy atom. The molecule has 0 aliphatic carbocycles. The van der Waals surface area contributed by atoms with Gasteiger partial charge in [-0.25, -0.2) is 4.98 Å². The van der Waals surface area contributed by atoms with Crippen molar-refractivity contribution in [1.82, 2.24) is 10.3 Å². The molecule has 1 saturated heterocycles. The van der Waals surface area contributed by atoms with Gasteiger partial charge in [0.25, 0.3) is 0 Å². The van der Waals surface area contributed by atoms with Crippen LogP contribution in [0.4, 0.5) is 19.0 Å². The SMILES string of the molecule is O=[S@]1c2cc(C(F)(F)F)cnc2N2CCNC[C@H]21. The zero-order valence-electron chi connectivity index (χ0n) is 9.20. The highest BCUT2D eigenvalue weighted by atomic mass is 32.2. The number of anilines is 1. The topological polar surface area (TPSA) is 45.2 Å². The van der Waals surface area contributed by atoms with E-state index in [9.17, 15) is 17.4 Å². The van der Waals surface area contributed by atoms with Crippen molar-refractivity contribution < 1.29 is 17.4 Å². The summed E-state index contributed by atoms with van der Waals surface area (Å²) in [7, 11) is -1.46. The Balaban J connectivity index is 2.06. The molecule has 1 aromatic heterocycles. The lowest BCUT2D eigenvalue weighted by molar-refractivity contribution is -0.138. The smallest absolute Gasteiger partial charge is 0.338 e. The first-order chi connectivity index (χ1) is 8.48. The average Bonchev–Trinajstić information content (AvgIpc) is 2.63. The first-order valence-electron chi connectivity index (χ1n) is 5.43. The van der Waals surface area contributed by atoms with Gasteiger partial charge in [0.15, 0.2) is 0 Å². The number of halogens is 3. The fraction of sp³-hybridized carbons (Fsp3) is 0.500. The number of fused-ring (bicyclic) bond motifs is 3. The highest BCUT2D eigenvalue weighted by Gasteiger charge is 2.41. The maximum atomic E-state index is 12.6. The van der Waals surface area contributed by atoms with Gasteiger partial charge < -0.3 is 10.2 Å². The van der Waals surface area contributed by atoms with Gasteiger partial charge in [0.1, 0.15) is 11.2 Å². The number of nitrogens with one attached hydrogen (secondary N) is 1. The minimum atomic E-state index is -4.45. The summed E-state index contributed by atoms with van der Waals surface area (Å²) in [5, 5.41) is 2.78. The molecule has 2 aliphatic heterocycles. The summed E-state index contributed by atoms with van der Waals surface area (Å²) in [5.74, 6) is 0.424. The van der Waals surface area contributed by atoms with Crippen LogP contribution in [0.25, 0.3) is 0 Å². The quantitative estimate of drug-likeness (QED) is 0.767. The van der Waals surface area contributed by atoms with Crippen LogP contribution in [0.2, 0.25) is 0 Å². The van der Waals surface area contributed by atoms with E-state index in [2.05, 4.69) is 10.3 Å². The summed E-state index contributed by atoms with van der Waals surface area (Å²) in [6.07, 6.45) is -3.64. The van der Waals surface area contributed by atoms with Crippen molar-refractivity contribution in [2.75, 3.05) is 24.5 Å². The maximum absolute atomic E-state index is 12.6. The van der Waals surface area contributed by atoms with Crippen molar-refractivity contribution in [3.8, 4) is 0 Å². The number of pyridine rings is 1. The molecule has 3 rings (SSSR count). The number of rotatable bonds is 0. The molecule has 0 saturated carbocycles. The Hall–Kier alpha value is -1.15. The molecule has 1 fully saturated rings. The molecule has 0 amide bonds. The summed E-state index contributed by atoms with van der Waals surface area (Å²) in [4.78, 5) is 5.86. The third-order valence-electron chi connectivity index (χ3n) is 3.09. The summed E-state index contributed by atoms with van der Waals surface area (Å²) in [6.45, 7) is 1.84. The van der Waals surface area contributed by atoms with Crippen molar-refractivity contribution in [3.63, 3.8) is 0 Å². The number of hydrogen-bond acceptors (Lipinski definition) is 4. The first-order valence-corrected chi connectivity index (χ1v) is 6.65. The second-order valence-corrected chi connectivity index (χ2v) is 5.77. The van der Waals surface area contributed by atoms with E-state index in [0.717, 1.165) is 18.8 Å². The first kappa shape index (κ1) is 11.9. The van der Waals surface area contributed by atoms with Crippen LogP contribution >= 0.6 is 0 Å². The number of alkyl halides is 3. The molecule has 0 bridgehead atoms. The lowest BCUT2D eigenvalue weighted by Gasteiger charge is -2.30. The molecule has 98 valence electrons.